The molecule has 0 fully saturated rings. The van der Waals surface area contributed by atoms with Crippen LogP contribution in [0.3, 0.4) is 0 Å². The second-order valence-corrected chi connectivity index (χ2v) is 5.24. The van der Waals surface area contributed by atoms with Gasteiger partial charge in [0.2, 0.25) is 0 Å². The molecule has 3 atom stereocenters. The van der Waals surface area contributed by atoms with E-state index in [1.807, 2.05) is 6.07 Å². The van der Waals surface area contributed by atoms with Crippen LogP contribution < -0.4 is 5.32 Å². The first-order valence-corrected chi connectivity index (χ1v) is 6.66. The fraction of sp³-hybridized carbons (Fsp3) is 0.600. The van der Waals surface area contributed by atoms with E-state index < -0.39 is 0 Å². The Morgan fingerprint density at radius 1 is 1.41 bits per heavy atom. The highest BCUT2D eigenvalue weighted by molar-refractivity contribution is 5.35. The third-order valence-corrected chi connectivity index (χ3v) is 4.18. The molecule has 1 nitrogen and oxygen atoms in total. The number of fused-ring (bicyclic) bond motifs is 1. The molecule has 1 aliphatic carbocycles. The first kappa shape index (κ1) is 12.6. The third-order valence-electron chi connectivity index (χ3n) is 4.18. The van der Waals surface area contributed by atoms with Crippen LogP contribution in [-0.4, -0.2) is 6.04 Å². The van der Waals surface area contributed by atoms with Gasteiger partial charge in [-0.25, -0.2) is 4.39 Å². The highest BCUT2D eigenvalue weighted by Gasteiger charge is 2.26. The number of benzene rings is 1. The molecule has 1 aromatic carbocycles. The van der Waals surface area contributed by atoms with E-state index in [2.05, 4.69) is 32.2 Å². The minimum absolute atomic E-state index is 0.0389. The van der Waals surface area contributed by atoms with E-state index in [-0.39, 0.29) is 5.82 Å². The van der Waals surface area contributed by atoms with Crippen molar-refractivity contribution < 1.29 is 4.39 Å². The lowest BCUT2D eigenvalue weighted by atomic mass is 9.99. The van der Waals surface area contributed by atoms with Crippen molar-refractivity contribution in [3.8, 4) is 0 Å². The van der Waals surface area contributed by atoms with E-state index in [1.165, 1.54) is 12.0 Å². The molecule has 0 amide bonds. The Balaban J connectivity index is 2.10. The van der Waals surface area contributed by atoms with E-state index in [0.717, 1.165) is 18.4 Å². The minimum atomic E-state index is -0.0389. The van der Waals surface area contributed by atoms with Crippen LogP contribution in [0.2, 0.25) is 0 Å². The molecule has 1 aliphatic rings. The molecule has 0 heterocycles. The molecule has 0 bridgehead atoms. The molecule has 17 heavy (non-hydrogen) atoms. The first-order chi connectivity index (χ1) is 8.13. The molecule has 0 aromatic heterocycles. The average Bonchev–Trinajstić information content (AvgIpc) is 2.73. The van der Waals surface area contributed by atoms with Crippen molar-refractivity contribution in [3.05, 3.63) is 35.1 Å². The second-order valence-electron chi connectivity index (χ2n) is 5.24. The van der Waals surface area contributed by atoms with E-state index in [0.29, 0.717) is 18.0 Å². The van der Waals surface area contributed by atoms with Crippen molar-refractivity contribution in [2.75, 3.05) is 0 Å². The SMILES string of the molecule is CCC(C)C(C)NC1CCc2c(F)cccc21. The summed E-state index contributed by atoms with van der Waals surface area (Å²) in [5.41, 5.74) is 2.08. The Bertz CT molecular complexity index is 389. The quantitative estimate of drug-likeness (QED) is 0.836. The van der Waals surface area contributed by atoms with Crippen LogP contribution in [0, 0.1) is 11.7 Å². The van der Waals surface area contributed by atoms with Gasteiger partial charge in [-0.15, -0.1) is 0 Å². The number of rotatable bonds is 4. The smallest absolute Gasteiger partial charge is 0.126 e. The number of nitrogens with one attached hydrogen (secondary N) is 1. The maximum atomic E-state index is 13.6. The van der Waals surface area contributed by atoms with Gasteiger partial charge < -0.3 is 5.32 Å². The van der Waals surface area contributed by atoms with Crippen molar-refractivity contribution >= 4 is 0 Å². The zero-order chi connectivity index (χ0) is 12.4. The van der Waals surface area contributed by atoms with E-state index >= 15 is 0 Å². The lowest BCUT2D eigenvalue weighted by molar-refractivity contribution is 0.349. The van der Waals surface area contributed by atoms with E-state index in [1.54, 1.807) is 6.07 Å². The Morgan fingerprint density at radius 3 is 2.88 bits per heavy atom. The van der Waals surface area contributed by atoms with Crippen molar-refractivity contribution in [2.45, 2.75) is 52.1 Å². The van der Waals surface area contributed by atoms with Crippen LogP contribution in [0.5, 0.6) is 0 Å². The van der Waals surface area contributed by atoms with Crippen LogP contribution in [0.25, 0.3) is 0 Å². The molecular formula is C15H22FN. The lowest BCUT2D eigenvalue weighted by Gasteiger charge is -2.24. The van der Waals surface area contributed by atoms with Crippen LogP contribution in [0.15, 0.2) is 18.2 Å². The highest BCUT2D eigenvalue weighted by atomic mass is 19.1. The predicted octanol–water partition coefficient (Wildman–Crippen LogP) is 3.84. The normalized spacial score (nSPS) is 22.2. The maximum absolute atomic E-state index is 13.6. The van der Waals surface area contributed by atoms with Crippen LogP contribution in [0.1, 0.15) is 50.8 Å². The third kappa shape index (κ3) is 2.52. The van der Waals surface area contributed by atoms with Crippen molar-refractivity contribution in [3.63, 3.8) is 0 Å². The molecule has 94 valence electrons. The monoisotopic (exact) mass is 235 g/mol. The van der Waals surface area contributed by atoms with Gasteiger partial charge >= 0.3 is 0 Å². The van der Waals surface area contributed by atoms with Crippen LogP contribution in [0.4, 0.5) is 4.39 Å². The van der Waals surface area contributed by atoms with Crippen molar-refractivity contribution in [2.24, 2.45) is 5.92 Å². The number of halogens is 1. The second kappa shape index (κ2) is 5.18. The topological polar surface area (TPSA) is 12.0 Å². The molecule has 1 N–H and O–H groups in total. The molecule has 2 heteroatoms. The zero-order valence-corrected chi connectivity index (χ0v) is 11.0. The summed E-state index contributed by atoms with van der Waals surface area (Å²) in [6, 6.07) is 6.28. The van der Waals surface area contributed by atoms with Gasteiger partial charge in [0.15, 0.2) is 0 Å². The van der Waals surface area contributed by atoms with Gasteiger partial charge in [-0.3, -0.25) is 0 Å². The Kier molecular flexibility index (Phi) is 3.82. The standard InChI is InChI=1S/C15H22FN/c1-4-10(2)11(3)17-15-9-8-12-13(15)6-5-7-14(12)16/h5-7,10-11,15,17H,4,8-9H2,1-3H3. The molecule has 0 saturated carbocycles. The predicted molar refractivity (Wildman–Crippen MR) is 69.5 cm³/mol. The van der Waals surface area contributed by atoms with Gasteiger partial charge in [-0.05, 0) is 42.9 Å². The molecule has 1 aromatic rings. The molecule has 0 radical (unpaired) electrons. The zero-order valence-electron chi connectivity index (χ0n) is 11.0. The number of hydrogen-bond donors (Lipinski definition) is 1. The summed E-state index contributed by atoms with van der Waals surface area (Å²) in [6.07, 6.45) is 3.07. The average molecular weight is 235 g/mol. The van der Waals surface area contributed by atoms with Gasteiger partial charge in [0.05, 0.1) is 0 Å². The highest BCUT2D eigenvalue weighted by Crippen LogP contribution is 2.33. The first-order valence-electron chi connectivity index (χ1n) is 6.66. The van der Waals surface area contributed by atoms with E-state index in [9.17, 15) is 4.39 Å². The maximum Gasteiger partial charge on any atom is 0.126 e. The lowest BCUT2D eigenvalue weighted by Crippen LogP contribution is -2.34. The van der Waals surface area contributed by atoms with Crippen molar-refractivity contribution in [1.82, 2.24) is 5.32 Å². The van der Waals surface area contributed by atoms with Crippen LogP contribution >= 0.6 is 0 Å². The summed E-state index contributed by atoms with van der Waals surface area (Å²) in [4.78, 5) is 0. The van der Waals surface area contributed by atoms with Crippen LogP contribution in [-0.2, 0) is 6.42 Å². The molecule has 0 aliphatic heterocycles. The fourth-order valence-corrected chi connectivity index (χ4v) is 2.62. The fourth-order valence-electron chi connectivity index (χ4n) is 2.62. The molecule has 0 spiro atoms. The Morgan fingerprint density at radius 2 is 2.18 bits per heavy atom. The molecule has 3 unspecified atom stereocenters. The van der Waals surface area contributed by atoms with Gasteiger partial charge in [-0.2, -0.15) is 0 Å². The number of hydrogen-bond acceptors (Lipinski definition) is 1. The van der Waals surface area contributed by atoms with Crippen molar-refractivity contribution in [1.29, 1.82) is 0 Å². The molecule has 2 rings (SSSR count). The summed E-state index contributed by atoms with van der Waals surface area (Å²) >= 11 is 0. The largest absolute Gasteiger partial charge is 0.307 e. The summed E-state index contributed by atoms with van der Waals surface area (Å²) in [5.74, 6) is 0.621. The van der Waals surface area contributed by atoms with Gasteiger partial charge in [0.1, 0.15) is 5.82 Å². The van der Waals surface area contributed by atoms with Gasteiger partial charge in [-0.1, -0.05) is 32.4 Å². The van der Waals surface area contributed by atoms with Gasteiger partial charge in [0, 0.05) is 12.1 Å². The summed E-state index contributed by atoms with van der Waals surface area (Å²) in [6.45, 7) is 6.70. The Hall–Kier alpha value is -0.890. The Labute approximate surface area is 103 Å². The molecular weight excluding hydrogens is 213 g/mol. The summed E-state index contributed by atoms with van der Waals surface area (Å²) in [7, 11) is 0. The minimum Gasteiger partial charge on any atom is -0.307 e. The molecule has 0 saturated heterocycles. The summed E-state index contributed by atoms with van der Waals surface area (Å²) < 4.78 is 13.6. The van der Waals surface area contributed by atoms with Gasteiger partial charge in [0.25, 0.3) is 0 Å². The van der Waals surface area contributed by atoms with E-state index in [4.69, 9.17) is 0 Å². The summed E-state index contributed by atoms with van der Waals surface area (Å²) in [5, 5.41) is 3.65.